The maximum atomic E-state index is 8.39. The number of ether oxygens (including phenoxy) is 2. The van der Waals surface area contributed by atoms with Crippen LogP contribution in [0.25, 0.3) is 20.9 Å². The van der Waals surface area contributed by atoms with Crippen molar-refractivity contribution in [1.29, 1.82) is 0 Å². The molecule has 0 radical (unpaired) electrons. The molecule has 0 saturated carbocycles. The summed E-state index contributed by atoms with van der Waals surface area (Å²) in [5.74, 6) is 1.63. The maximum Gasteiger partial charge on any atom is 0.119 e. The van der Waals surface area contributed by atoms with Gasteiger partial charge in [0.1, 0.15) is 11.5 Å². The van der Waals surface area contributed by atoms with E-state index in [0.29, 0.717) is 11.4 Å². The first-order valence-electron chi connectivity index (χ1n) is 11.4. The Kier molecular flexibility index (Phi) is 12.7. The van der Waals surface area contributed by atoms with Crippen molar-refractivity contribution in [2.24, 2.45) is 10.2 Å². The van der Waals surface area contributed by atoms with E-state index in [-0.39, 0.29) is 0 Å². The molecule has 170 valence electrons. The van der Waals surface area contributed by atoms with E-state index in [0.717, 1.165) is 37.6 Å². The Morgan fingerprint density at radius 3 is 1.12 bits per heavy atom. The van der Waals surface area contributed by atoms with Gasteiger partial charge in [-0.25, -0.2) is 0 Å². The Labute approximate surface area is 189 Å². The fourth-order valence-corrected chi connectivity index (χ4v) is 3.32. The first-order valence-corrected chi connectivity index (χ1v) is 11.4. The molecule has 0 N–H and O–H groups in total. The van der Waals surface area contributed by atoms with Crippen LogP contribution in [0, 0.1) is 0 Å². The minimum Gasteiger partial charge on any atom is -0.494 e. The number of azide groups is 2. The Hall–Kier alpha value is -3.34. The molecule has 0 aliphatic heterocycles. The van der Waals surface area contributed by atoms with Crippen molar-refractivity contribution in [3.63, 3.8) is 0 Å². The van der Waals surface area contributed by atoms with Crippen LogP contribution >= 0.6 is 0 Å². The summed E-state index contributed by atoms with van der Waals surface area (Å²) in [5.41, 5.74) is 18.0. The van der Waals surface area contributed by atoms with Crippen LogP contribution in [-0.2, 0) is 0 Å². The molecule has 0 atom stereocenters. The number of hydrogen-bond donors (Lipinski definition) is 0. The Balaban J connectivity index is 1.35. The van der Waals surface area contributed by atoms with Crippen LogP contribution in [0.15, 0.2) is 58.8 Å². The van der Waals surface area contributed by atoms with Gasteiger partial charge in [0.2, 0.25) is 0 Å². The van der Waals surface area contributed by atoms with E-state index in [9.17, 15) is 0 Å². The minimum atomic E-state index is 0.600. The van der Waals surface area contributed by atoms with Crippen molar-refractivity contribution < 1.29 is 9.47 Å². The first-order chi connectivity index (χ1) is 15.8. The fourth-order valence-electron chi connectivity index (χ4n) is 3.32. The van der Waals surface area contributed by atoms with E-state index in [2.05, 4.69) is 20.1 Å². The molecule has 0 aliphatic carbocycles. The number of hydrogen-bond acceptors (Lipinski definition) is 4. The molecule has 8 heteroatoms. The molecule has 0 aromatic heterocycles. The van der Waals surface area contributed by atoms with Crippen LogP contribution in [-0.4, -0.2) is 13.2 Å². The molecule has 2 aromatic rings. The Bertz CT molecular complexity index is 784. The smallest absolute Gasteiger partial charge is 0.119 e. The summed E-state index contributed by atoms with van der Waals surface area (Å²) in [6.07, 6.45) is 12.2. The van der Waals surface area contributed by atoms with Crippen LogP contribution in [0.1, 0.15) is 64.2 Å². The summed E-state index contributed by atoms with van der Waals surface area (Å²) in [6.45, 7) is 1.45. The predicted molar refractivity (Wildman–Crippen MR) is 128 cm³/mol. The van der Waals surface area contributed by atoms with Gasteiger partial charge in [-0.3, -0.25) is 0 Å². The SMILES string of the molecule is [N-]=[N+]=Nc1ccc(OCCCCCCCCCCCCOc2ccc(N=[N+]=[N-])cc2)cc1. The molecule has 2 rings (SSSR count). The van der Waals surface area contributed by atoms with Crippen LogP contribution in [0.4, 0.5) is 11.4 Å². The van der Waals surface area contributed by atoms with Gasteiger partial charge < -0.3 is 9.47 Å². The summed E-state index contributed by atoms with van der Waals surface area (Å²) in [6, 6.07) is 14.4. The van der Waals surface area contributed by atoms with Crippen molar-refractivity contribution in [3.8, 4) is 11.5 Å². The van der Waals surface area contributed by atoms with Gasteiger partial charge in [0, 0.05) is 21.2 Å². The summed E-state index contributed by atoms with van der Waals surface area (Å²) >= 11 is 0. The average molecular weight is 437 g/mol. The molecule has 2 aromatic carbocycles. The third kappa shape index (κ3) is 11.2. The molecule has 0 fully saturated rings. The second kappa shape index (κ2) is 16.4. The molecule has 8 nitrogen and oxygen atoms in total. The third-order valence-corrected chi connectivity index (χ3v) is 5.07. The Morgan fingerprint density at radius 2 is 0.812 bits per heavy atom. The highest BCUT2D eigenvalue weighted by molar-refractivity contribution is 5.41. The van der Waals surface area contributed by atoms with Crippen LogP contribution in [0.3, 0.4) is 0 Å². The molecule has 0 aliphatic rings. The van der Waals surface area contributed by atoms with E-state index >= 15 is 0 Å². The second-order valence-electron chi connectivity index (χ2n) is 7.60. The zero-order valence-corrected chi connectivity index (χ0v) is 18.6. The first kappa shape index (κ1) is 24.9. The molecule has 0 saturated heterocycles. The number of benzene rings is 2. The third-order valence-electron chi connectivity index (χ3n) is 5.07. The van der Waals surface area contributed by atoms with Gasteiger partial charge >= 0.3 is 0 Å². The van der Waals surface area contributed by atoms with Crippen molar-refractivity contribution >= 4 is 11.4 Å². The predicted octanol–water partition coefficient (Wildman–Crippen LogP) is 8.93. The molecular formula is C24H32N6O2. The van der Waals surface area contributed by atoms with Crippen molar-refractivity contribution in [2.45, 2.75) is 64.2 Å². The van der Waals surface area contributed by atoms with Gasteiger partial charge in [-0.15, -0.1) is 0 Å². The lowest BCUT2D eigenvalue weighted by Crippen LogP contribution is -1.97. The highest BCUT2D eigenvalue weighted by Crippen LogP contribution is 2.20. The van der Waals surface area contributed by atoms with Gasteiger partial charge in [-0.2, -0.15) is 0 Å². The Morgan fingerprint density at radius 1 is 0.500 bits per heavy atom. The lowest BCUT2D eigenvalue weighted by atomic mass is 10.1. The van der Waals surface area contributed by atoms with E-state index in [1.165, 1.54) is 51.4 Å². The average Bonchev–Trinajstić information content (AvgIpc) is 2.82. The van der Waals surface area contributed by atoms with E-state index in [4.69, 9.17) is 20.5 Å². The number of nitrogens with zero attached hydrogens (tertiary/aromatic N) is 6. The van der Waals surface area contributed by atoms with Gasteiger partial charge in [0.05, 0.1) is 13.2 Å². The van der Waals surface area contributed by atoms with Crippen LogP contribution < -0.4 is 9.47 Å². The van der Waals surface area contributed by atoms with Gasteiger partial charge in [0.15, 0.2) is 0 Å². The quantitative estimate of drug-likeness (QED) is 0.106. The topological polar surface area (TPSA) is 116 Å². The van der Waals surface area contributed by atoms with E-state index < -0.39 is 0 Å². The van der Waals surface area contributed by atoms with Gasteiger partial charge in [0.25, 0.3) is 0 Å². The minimum absolute atomic E-state index is 0.600. The fraction of sp³-hybridized carbons (Fsp3) is 0.500. The molecule has 0 unspecified atom stereocenters. The molecule has 0 spiro atoms. The molecule has 0 amide bonds. The molecule has 0 heterocycles. The number of unbranched alkanes of at least 4 members (excludes halogenated alkanes) is 9. The largest absolute Gasteiger partial charge is 0.494 e. The monoisotopic (exact) mass is 436 g/mol. The zero-order chi connectivity index (χ0) is 22.7. The van der Waals surface area contributed by atoms with E-state index in [1.54, 1.807) is 24.3 Å². The van der Waals surface area contributed by atoms with Crippen molar-refractivity contribution in [2.75, 3.05) is 13.2 Å². The molecule has 32 heavy (non-hydrogen) atoms. The lowest BCUT2D eigenvalue weighted by molar-refractivity contribution is 0.303. The summed E-state index contributed by atoms with van der Waals surface area (Å²) in [5, 5.41) is 7.09. The van der Waals surface area contributed by atoms with Crippen LogP contribution in [0.2, 0.25) is 0 Å². The van der Waals surface area contributed by atoms with Crippen molar-refractivity contribution in [3.05, 3.63) is 69.4 Å². The molecule has 0 bridgehead atoms. The normalized spacial score (nSPS) is 10.1. The highest BCUT2D eigenvalue weighted by Gasteiger charge is 1.97. The van der Waals surface area contributed by atoms with Crippen molar-refractivity contribution in [1.82, 2.24) is 0 Å². The summed E-state index contributed by atoms with van der Waals surface area (Å²) in [4.78, 5) is 5.52. The lowest BCUT2D eigenvalue weighted by Gasteiger charge is -2.07. The standard InChI is InChI=1S/C24H32N6O2/c25-29-27-21-11-15-23(16-12-21)31-19-9-7-5-3-1-2-4-6-8-10-20-32-24-17-13-22(14-18-24)28-30-26/h11-18H,1-10,19-20H2. The molecular weight excluding hydrogens is 404 g/mol. The van der Waals surface area contributed by atoms with Gasteiger partial charge in [-0.1, -0.05) is 61.6 Å². The maximum absolute atomic E-state index is 8.39. The second-order valence-corrected chi connectivity index (χ2v) is 7.60. The van der Waals surface area contributed by atoms with E-state index in [1.807, 2.05) is 24.3 Å². The van der Waals surface area contributed by atoms with Gasteiger partial charge in [-0.05, 0) is 72.4 Å². The van der Waals surface area contributed by atoms with Crippen LogP contribution in [0.5, 0.6) is 11.5 Å². The summed E-state index contributed by atoms with van der Waals surface area (Å²) in [7, 11) is 0. The summed E-state index contributed by atoms with van der Waals surface area (Å²) < 4.78 is 11.4. The highest BCUT2D eigenvalue weighted by atomic mass is 16.5. The zero-order valence-electron chi connectivity index (χ0n) is 18.6. The number of rotatable bonds is 17.